The van der Waals surface area contributed by atoms with Crippen molar-refractivity contribution >= 4 is 17.6 Å². The monoisotopic (exact) mass is 383 g/mol. The zero-order chi connectivity index (χ0) is 20.0. The van der Waals surface area contributed by atoms with E-state index in [1.807, 2.05) is 0 Å². The fraction of sp³-hybridized carbons (Fsp3) is 0.222. The van der Waals surface area contributed by atoms with Crippen molar-refractivity contribution in [2.75, 3.05) is 26.1 Å². The quantitative estimate of drug-likeness (QED) is 0.773. The van der Waals surface area contributed by atoms with Crippen LogP contribution in [0.2, 0.25) is 0 Å². The summed E-state index contributed by atoms with van der Waals surface area (Å²) in [5.41, 5.74) is -1.32. The molecule has 0 aliphatic carbocycles. The van der Waals surface area contributed by atoms with E-state index in [0.717, 1.165) is 12.1 Å². The van der Waals surface area contributed by atoms with Gasteiger partial charge in [0.15, 0.2) is 6.61 Å². The number of benzene rings is 2. The van der Waals surface area contributed by atoms with Crippen LogP contribution in [0.3, 0.4) is 0 Å². The number of esters is 1. The van der Waals surface area contributed by atoms with Crippen molar-refractivity contribution in [3.63, 3.8) is 0 Å². The Morgan fingerprint density at radius 2 is 1.78 bits per heavy atom. The Morgan fingerprint density at radius 1 is 1.07 bits per heavy atom. The van der Waals surface area contributed by atoms with E-state index >= 15 is 0 Å². The van der Waals surface area contributed by atoms with Crippen molar-refractivity contribution in [1.29, 1.82) is 0 Å². The van der Waals surface area contributed by atoms with E-state index in [2.05, 4.69) is 10.1 Å². The van der Waals surface area contributed by atoms with Crippen molar-refractivity contribution in [2.24, 2.45) is 0 Å². The average molecular weight is 383 g/mol. The summed E-state index contributed by atoms with van der Waals surface area (Å²) in [6, 6.07) is 8.82. The molecule has 1 N–H and O–H groups in total. The van der Waals surface area contributed by atoms with Crippen molar-refractivity contribution < 1.29 is 37.0 Å². The molecule has 0 radical (unpaired) electrons. The topological polar surface area (TPSA) is 73.9 Å². The number of ether oxygens (including phenoxy) is 3. The Labute approximate surface area is 152 Å². The molecule has 0 fully saturated rings. The largest absolute Gasteiger partial charge is 0.497 e. The van der Waals surface area contributed by atoms with Gasteiger partial charge in [-0.3, -0.25) is 4.79 Å². The first-order valence-electron chi connectivity index (χ1n) is 7.61. The first-order chi connectivity index (χ1) is 12.8. The zero-order valence-electron chi connectivity index (χ0n) is 14.4. The molecule has 144 valence electrons. The summed E-state index contributed by atoms with van der Waals surface area (Å²) < 4.78 is 53.8. The minimum absolute atomic E-state index is 0.000423. The van der Waals surface area contributed by atoms with Crippen LogP contribution >= 0.6 is 0 Å². The van der Waals surface area contributed by atoms with Crippen molar-refractivity contribution in [3.05, 3.63) is 53.6 Å². The molecule has 0 aliphatic heterocycles. The standard InChI is InChI=1S/C18H16F3NO5/c1-25-11-7-8-12(17(24)26-2)15(9-11)27-10-16(23)22-14-6-4-3-5-13(14)18(19,20)21/h3-9H,10H2,1-2H3,(H,22,23). The Balaban J connectivity index is 2.14. The average Bonchev–Trinajstić information content (AvgIpc) is 2.65. The number of halogens is 3. The highest BCUT2D eigenvalue weighted by Crippen LogP contribution is 2.34. The zero-order valence-corrected chi connectivity index (χ0v) is 14.4. The van der Waals surface area contributed by atoms with Gasteiger partial charge < -0.3 is 19.5 Å². The third-order valence-electron chi connectivity index (χ3n) is 3.46. The first kappa shape index (κ1) is 20.1. The third-order valence-corrected chi connectivity index (χ3v) is 3.46. The number of rotatable bonds is 6. The molecule has 6 nitrogen and oxygen atoms in total. The molecule has 2 rings (SSSR count). The number of hydrogen-bond acceptors (Lipinski definition) is 5. The highest BCUT2D eigenvalue weighted by Gasteiger charge is 2.33. The van der Waals surface area contributed by atoms with Crippen molar-refractivity contribution in [1.82, 2.24) is 0 Å². The summed E-state index contributed by atoms with van der Waals surface area (Å²) in [5.74, 6) is -1.17. The van der Waals surface area contributed by atoms with Gasteiger partial charge in [0.1, 0.15) is 17.1 Å². The Morgan fingerprint density at radius 3 is 2.41 bits per heavy atom. The van der Waals surface area contributed by atoms with E-state index in [4.69, 9.17) is 9.47 Å². The Hall–Kier alpha value is -3.23. The molecule has 2 aromatic carbocycles. The lowest BCUT2D eigenvalue weighted by Crippen LogP contribution is -2.23. The molecule has 1 amide bonds. The molecule has 9 heteroatoms. The first-order valence-corrected chi connectivity index (χ1v) is 7.61. The number of alkyl halides is 3. The molecule has 0 spiro atoms. The summed E-state index contributed by atoms with van der Waals surface area (Å²) in [4.78, 5) is 23.8. The van der Waals surface area contributed by atoms with Gasteiger partial charge in [-0.1, -0.05) is 12.1 Å². The van der Waals surface area contributed by atoms with Gasteiger partial charge in [0.2, 0.25) is 0 Å². The van der Waals surface area contributed by atoms with Gasteiger partial charge in [-0.05, 0) is 24.3 Å². The van der Waals surface area contributed by atoms with Gasteiger partial charge in [-0.2, -0.15) is 13.2 Å². The number of methoxy groups -OCH3 is 2. The maximum absolute atomic E-state index is 13.0. The van der Waals surface area contributed by atoms with E-state index in [9.17, 15) is 22.8 Å². The predicted octanol–water partition coefficient (Wildman–Crippen LogP) is 3.52. The minimum Gasteiger partial charge on any atom is -0.497 e. The molecule has 0 aliphatic rings. The maximum atomic E-state index is 13.0. The summed E-state index contributed by atoms with van der Waals surface area (Å²) in [7, 11) is 2.58. The van der Waals surface area contributed by atoms with Crippen LogP contribution in [0, 0.1) is 0 Å². The molecule has 0 aromatic heterocycles. The van der Waals surface area contributed by atoms with Crippen LogP contribution in [0.25, 0.3) is 0 Å². The SMILES string of the molecule is COC(=O)c1ccc(OC)cc1OCC(=O)Nc1ccccc1C(F)(F)F. The molecule has 0 saturated carbocycles. The van der Waals surface area contributed by atoms with Crippen LogP contribution < -0.4 is 14.8 Å². The summed E-state index contributed by atoms with van der Waals surface area (Å²) in [6.45, 7) is -0.622. The van der Waals surface area contributed by atoms with Crippen LogP contribution in [-0.2, 0) is 15.7 Å². The molecular weight excluding hydrogens is 367 g/mol. The molecule has 0 bridgehead atoms. The predicted molar refractivity (Wildman–Crippen MR) is 89.9 cm³/mol. The Bertz CT molecular complexity index is 836. The summed E-state index contributed by atoms with van der Waals surface area (Å²) in [5, 5.41) is 2.15. The molecular formula is C18H16F3NO5. The number of carbonyl (C=O) groups is 2. The molecule has 0 heterocycles. The summed E-state index contributed by atoms with van der Waals surface area (Å²) in [6.07, 6.45) is -4.62. The third kappa shape index (κ3) is 5.13. The number of nitrogens with one attached hydrogen (secondary N) is 1. The molecule has 0 atom stereocenters. The number of hydrogen-bond donors (Lipinski definition) is 1. The van der Waals surface area contributed by atoms with Crippen molar-refractivity contribution in [3.8, 4) is 11.5 Å². The number of amides is 1. The lowest BCUT2D eigenvalue weighted by Gasteiger charge is -2.14. The highest BCUT2D eigenvalue weighted by atomic mass is 19.4. The second kappa shape index (κ2) is 8.43. The van der Waals surface area contributed by atoms with E-state index in [1.165, 1.54) is 44.6 Å². The number of anilines is 1. The molecule has 27 heavy (non-hydrogen) atoms. The number of para-hydroxylation sites is 1. The molecule has 0 unspecified atom stereocenters. The number of carbonyl (C=O) groups excluding carboxylic acids is 2. The fourth-order valence-corrected chi connectivity index (χ4v) is 2.20. The normalized spacial score (nSPS) is 10.9. The van der Waals surface area contributed by atoms with Gasteiger partial charge in [-0.25, -0.2) is 4.79 Å². The Kier molecular flexibility index (Phi) is 6.27. The van der Waals surface area contributed by atoms with Gasteiger partial charge in [0.25, 0.3) is 5.91 Å². The van der Waals surface area contributed by atoms with Crippen LogP contribution in [0.15, 0.2) is 42.5 Å². The van der Waals surface area contributed by atoms with E-state index in [-0.39, 0.29) is 11.3 Å². The van der Waals surface area contributed by atoms with Gasteiger partial charge in [0, 0.05) is 6.07 Å². The van der Waals surface area contributed by atoms with Crippen molar-refractivity contribution in [2.45, 2.75) is 6.18 Å². The smallest absolute Gasteiger partial charge is 0.418 e. The van der Waals surface area contributed by atoms with E-state index in [0.29, 0.717) is 5.75 Å². The fourth-order valence-electron chi connectivity index (χ4n) is 2.20. The van der Waals surface area contributed by atoms with Gasteiger partial charge in [0.05, 0.1) is 25.5 Å². The highest BCUT2D eigenvalue weighted by molar-refractivity contribution is 5.94. The maximum Gasteiger partial charge on any atom is 0.418 e. The second-order valence-corrected chi connectivity index (χ2v) is 5.23. The van der Waals surface area contributed by atoms with Crippen LogP contribution in [0.1, 0.15) is 15.9 Å². The lowest BCUT2D eigenvalue weighted by molar-refractivity contribution is -0.137. The van der Waals surface area contributed by atoms with Gasteiger partial charge >= 0.3 is 12.1 Å². The molecule has 0 saturated heterocycles. The van der Waals surface area contributed by atoms with Crippen LogP contribution in [0.4, 0.5) is 18.9 Å². The van der Waals surface area contributed by atoms with Gasteiger partial charge in [-0.15, -0.1) is 0 Å². The molecule has 2 aromatic rings. The lowest BCUT2D eigenvalue weighted by atomic mass is 10.1. The van der Waals surface area contributed by atoms with E-state index in [1.54, 1.807) is 0 Å². The van der Waals surface area contributed by atoms with Crippen LogP contribution in [0.5, 0.6) is 11.5 Å². The minimum atomic E-state index is -4.62. The second-order valence-electron chi connectivity index (χ2n) is 5.23. The van der Waals surface area contributed by atoms with Crippen LogP contribution in [-0.4, -0.2) is 32.7 Å². The summed E-state index contributed by atoms with van der Waals surface area (Å²) >= 11 is 0. The van der Waals surface area contributed by atoms with E-state index < -0.39 is 35.9 Å².